The van der Waals surface area contributed by atoms with Crippen LogP contribution in [0.15, 0.2) is 24.3 Å². The van der Waals surface area contributed by atoms with Gasteiger partial charge in [-0.2, -0.15) is 0 Å². The first kappa shape index (κ1) is 18.3. The lowest BCUT2D eigenvalue weighted by Gasteiger charge is -2.51. The molecule has 0 N–H and O–H groups in total. The summed E-state index contributed by atoms with van der Waals surface area (Å²) in [4.78, 5) is 19.1. The number of halogens is 1. The van der Waals surface area contributed by atoms with E-state index in [4.69, 9.17) is 4.74 Å². The summed E-state index contributed by atoms with van der Waals surface area (Å²) in [6.07, 6.45) is 1.75. The summed E-state index contributed by atoms with van der Waals surface area (Å²) in [6, 6.07) is 6.23. The van der Waals surface area contributed by atoms with Crippen LogP contribution in [0.4, 0.5) is 4.39 Å². The van der Waals surface area contributed by atoms with Crippen LogP contribution in [-0.4, -0.2) is 86.2 Å². The van der Waals surface area contributed by atoms with E-state index in [1.807, 2.05) is 0 Å². The van der Waals surface area contributed by atoms with Crippen molar-refractivity contribution in [1.82, 2.24) is 14.7 Å². The number of rotatable bonds is 4. The molecule has 1 spiro atoms. The fourth-order valence-corrected chi connectivity index (χ4v) is 3.83. The van der Waals surface area contributed by atoms with Crippen molar-refractivity contribution in [3.05, 3.63) is 35.6 Å². The lowest BCUT2D eigenvalue weighted by atomic mass is 9.85. The fourth-order valence-electron chi connectivity index (χ4n) is 3.83. The number of ether oxygens (including phenoxy) is 1. The van der Waals surface area contributed by atoms with Gasteiger partial charge in [-0.15, -0.1) is 0 Å². The Hall–Kier alpha value is -1.50. The van der Waals surface area contributed by atoms with Crippen LogP contribution in [-0.2, 0) is 4.74 Å². The highest BCUT2D eigenvalue weighted by Crippen LogP contribution is 2.32. The first-order chi connectivity index (χ1) is 12.0. The second-order valence-corrected chi connectivity index (χ2v) is 7.34. The van der Waals surface area contributed by atoms with E-state index in [0.29, 0.717) is 13.1 Å². The maximum Gasteiger partial charge on any atom is 0.256 e. The first-order valence-electron chi connectivity index (χ1n) is 9.03. The van der Waals surface area contributed by atoms with Crippen LogP contribution < -0.4 is 0 Å². The van der Waals surface area contributed by atoms with Gasteiger partial charge in [0.15, 0.2) is 0 Å². The zero-order valence-corrected chi connectivity index (χ0v) is 15.2. The van der Waals surface area contributed by atoms with Crippen LogP contribution in [0.2, 0.25) is 0 Å². The lowest BCUT2D eigenvalue weighted by Crippen LogP contribution is -2.62. The number of likely N-dealkylation sites (N-methyl/N-ethyl adjacent to an activating group) is 1. The summed E-state index contributed by atoms with van der Waals surface area (Å²) in [5.74, 6) is -0.647. The molecule has 138 valence electrons. The molecule has 0 radical (unpaired) electrons. The van der Waals surface area contributed by atoms with Gasteiger partial charge in [0.05, 0.1) is 18.8 Å². The van der Waals surface area contributed by atoms with Crippen molar-refractivity contribution in [3.8, 4) is 0 Å². The molecule has 2 aliphatic heterocycles. The number of nitrogens with zero attached hydrogens (tertiary/aromatic N) is 3. The molecule has 2 aliphatic rings. The topological polar surface area (TPSA) is 36.0 Å². The molecule has 2 heterocycles. The highest BCUT2D eigenvalue weighted by atomic mass is 19.1. The molecular weight excluding hydrogens is 321 g/mol. The van der Waals surface area contributed by atoms with Gasteiger partial charge in [-0.1, -0.05) is 12.1 Å². The van der Waals surface area contributed by atoms with Crippen LogP contribution in [0.1, 0.15) is 23.2 Å². The molecule has 0 aliphatic carbocycles. The number of hydrogen-bond acceptors (Lipinski definition) is 4. The Morgan fingerprint density at radius 1 is 1.24 bits per heavy atom. The molecule has 6 heteroatoms. The van der Waals surface area contributed by atoms with Crippen molar-refractivity contribution in [2.24, 2.45) is 0 Å². The number of carbonyl (C=O) groups excluding carboxylic acids is 1. The zero-order chi connectivity index (χ0) is 17.9. The third-order valence-electron chi connectivity index (χ3n) is 5.45. The molecule has 0 bridgehead atoms. The molecule has 0 aromatic heterocycles. The van der Waals surface area contributed by atoms with E-state index in [2.05, 4.69) is 23.9 Å². The molecule has 5 nitrogen and oxygen atoms in total. The van der Waals surface area contributed by atoms with Crippen molar-refractivity contribution < 1.29 is 13.9 Å². The Balaban J connectivity index is 1.65. The van der Waals surface area contributed by atoms with Gasteiger partial charge in [-0.25, -0.2) is 4.39 Å². The minimum absolute atomic E-state index is 0.0142. The molecule has 3 rings (SSSR count). The highest BCUT2D eigenvalue weighted by Gasteiger charge is 2.42. The van der Waals surface area contributed by atoms with E-state index < -0.39 is 5.82 Å². The van der Waals surface area contributed by atoms with Gasteiger partial charge in [0, 0.05) is 38.3 Å². The smallest absolute Gasteiger partial charge is 0.256 e. The molecule has 2 saturated heterocycles. The molecule has 0 atom stereocenters. The SMILES string of the molecule is CN(C)CCN1CCOCC12CCN(C(=O)c1ccccc1F)CC2. The Labute approximate surface area is 149 Å². The summed E-state index contributed by atoms with van der Waals surface area (Å²) in [7, 11) is 4.17. The zero-order valence-electron chi connectivity index (χ0n) is 15.2. The van der Waals surface area contributed by atoms with Crippen molar-refractivity contribution in [1.29, 1.82) is 0 Å². The molecule has 1 aromatic carbocycles. The predicted octanol–water partition coefficient (Wildman–Crippen LogP) is 1.69. The molecule has 25 heavy (non-hydrogen) atoms. The second-order valence-electron chi connectivity index (χ2n) is 7.34. The summed E-state index contributed by atoms with van der Waals surface area (Å²) < 4.78 is 19.7. The monoisotopic (exact) mass is 349 g/mol. The van der Waals surface area contributed by atoms with Crippen LogP contribution in [0, 0.1) is 5.82 Å². The average molecular weight is 349 g/mol. The lowest BCUT2D eigenvalue weighted by molar-refractivity contribution is -0.0927. The Kier molecular flexibility index (Phi) is 5.71. The van der Waals surface area contributed by atoms with Crippen LogP contribution in [0.25, 0.3) is 0 Å². The van der Waals surface area contributed by atoms with Crippen LogP contribution in [0.5, 0.6) is 0 Å². The van der Waals surface area contributed by atoms with Crippen molar-refractivity contribution in [3.63, 3.8) is 0 Å². The second kappa shape index (κ2) is 7.81. The Morgan fingerprint density at radius 3 is 2.64 bits per heavy atom. The number of morpholine rings is 1. The summed E-state index contributed by atoms with van der Waals surface area (Å²) in [5.41, 5.74) is 0.183. The first-order valence-corrected chi connectivity index (χ1v) is 9.03. The molecule has 2 fully saturated rings. The van der Waals surface area contributed by atoms with Gasteiger partial charge < -0.3 is 14.5 Å². The molecule has 1 amide bonds. The minimum Gasteiger partial charge on any atom is -0.378 e. The maximum absolute atomic E-state index is 13.9. The molecule has 0 unspecified atom stereocenters. The molecular formula is C19H28FN3O2. The Morgan fingerprint density at radius 2 is 1.96 bits per heavy atom. The molecule has 1 aromatic rings. The summed E-state index contributed by atoms with van der Waals surface area (Å²) in [6.45, 7) is 5.76. The van der Waals surface area contributed by atoms with Crippen molar-refractivity contribution in [2.45, 2.75) is 18.4 Å². The average Bonchev–Trinajstić information content (AvgIpc) is 2.61. The third-order valence-corrected chi connectivity index (χ3v) is 5.45. The maximum atomic E-state index is 13.9. The van der Waals surface area contributed by atoms with Gasteiger partial charge in [0.2, 0.25) is 0 Å². The minimum atomic E-state index is -0.443. The van der Waals surface area contributed by atoms with Gasteiger partial charge in [-0.05, 0) is 39.1 Å². The van der Waals surface area contributed by atoms with Crippen molar-refractivity contribution >= 4 is 5.91 Å². The number of amides is 1. The number of hydrogen-bond donors (Lipinski definition) is 0. The number of piperidine rings is 1. The van der Waals surface area contributed by atoms with Crippen LogP contribution >= 0.6 is 0 Å². The standard InChI is InChI=1S/C19H28FN3O2/c1-21(2)11-12-23-13-14-25-15-19(23)7-9-22(10-8-19)18(24)16-5-3-4-6-17(16)20/h3-6H,7-15H2,1-2H3. The largest absolute Gasteiger partial charge is 0.378 e. The van der Waals surface area contributed by atoms with E-state index in [0.717, 1.165) is 45.7 Å². The quantitative estimate of drug-likeness (QED) is 0.829. The predicted molar refractivity (Wildman–Crippen MR) is 95.2 cm³/mol. The summed E-state index contributed by atoms with van der Waals surface area (Å²) in [5, 5.41) is 0. The third kappa shape index (κ3) is 4.02. The number of carbonyl (C=O) groups is 1. The van der Waals surface area contributed by atoms with E-state index in [-0.39, 0.29) is 17.0 Å². The van der Waals surface area contributed by atoms with E-state index >= 15 is 0 Å². The highest BCUT2D eigenvalue weighted by molar-refractivity contribution is 5.94. The normalized spacial score (nSPS) is 21.0. The van der Waals surface area contributed by atoms with E-state index in [1.54, 1.807) is 23.1 Å². The number of likely N-dealkylation sites (tertiary alicyclic amines) is 1. The van der Waals surface area contributed by atoms with Gasteiger partial charge in [0.25, 0.3) is 5.91 Å². The van der Waals surface area contributed by atoms with Crippen LogP contribution in [0.3, 0.4) is 0 Å². The van der Waals surface area contributed by atoms with E-state index in [1.165, 1.54) is 6.07 Å². The van der Waals surface area contributed by atoms with E-state index in [9.17, 15) is 9.18 Å². The summed E-state index contributed by atoms with van der Waals surface area (Å²) >= 11 is 0. The Bertz CT molecular complexity index is 600. The van der Waals surface area contributed by atoms with Gasteiger partial charge in [-0.3, -0.25) is 9.69 Å². The van der Waals surface area contributed by atoms with Gasteiger partial charge in [0.1, 0.15) is 5.82 Å². The number of benzene rings is 1. The molecule has 0 saturated carbocycles. The van der Waals surface area contributed by atoms with Gasteiger partial charge >= 0.3 is 0 Å². The fraction of sp³-hybridized carbons (Fsp3) is 0.632. The van der Waals surface area contributed by atoms with Crippen molar-refractivity contribution in [2.75, 3.05) is 60.0 Å².